The molecule has 7 nitrogen and oxygen atoms in total. The lowest BCUT2D eigenvalue weighted by Gasteiger charge is -2.12. The monoisotopic (exact) mass is 457 g/mol. The third-order valence-electron chi connectivity index (χ3n) is 3.51. The molecule has 0 aromatic heterocycles. The number of carbonyl (C=O) groups excluding carboxylic acids is 1. The van der Waals surface area contributed by atoms with Crippen LogP contribution in [-0.2, 0) is 19.0 Å². The van der Waals surface area contributed by atoms with E-state index in [-0.39, 0.29) is 29.9 Å². The summed E-state index contributed by atoms with van der Waals surface area (Å²) in [5.41, 5.74) is 0. The first-order chi connectivity index (χ1) is 11.3. The minimum Gasteiger partial charge on any atom is -0.466 e. The molecule has 1 rings (SSSR count). The highest BCUT2D eigenvalue weighted by molar-refractivity contribution is 14.0. The van der Waals surface area contributed by atoms with E-state index in [9.17, 15) is 4.79 Å². The van der Waals surface area contributed by atoms with Crippen LogP contribution in [0.5, 0.6) is 0 Å². The molecule has 1 heterocycles. The zero-order chi connectivity index (χ0) is 16.8. The molecule has 0 amide bonds. The Hall–Kier alpha value is -0.610. The van der Waals surface area contributed by atoms with Crippen LogP contribution in [0.2, 0.25) is 0 Å². The summed E-state index contributed by atoms with van der Waals surface area (Å²) >= 11 is 0. The van der Waals surface area contributed by atoms with Crippen molar-refractivity contribution in [2.75, 3.05) is 53.2 Å². The number of nitrogens with zero attached hydrogens (tertiary/aromatic N) is 1. The maximum Gasteiger partial charge on any atom is 0.305 e. The van der Waals surface area contributed by atoms with E-state index in [0.717, 1.165) is 58.2 Å². The predicted molar refractivity (Wildman–Crippen MR) is 105 cm³/mol. The summed E-state index contributed by atoms with van der Waals surface area (Å²) in [5.74, 6) is 1.16. The summed E-state index contributed by atoms with van der Waals surface area (Å²) in [4.78, 5) is 15.4. The summed E-state index contributed by atoms with van der Waals surface area (Å²) in [6.07, 6.45) is 3.19. The lowest BCUT2D eigenvalue weighted by molar-refractivity contribution is -0.143. The topological polar surface area (TPSA) is 81.2 Å². The molecule has 1 aliphatic rings. The summed E-state index contributed by atoms with van der Waals surface area (Å²) in [7, 11) is 1.73. The van der Waals surface area contributed by atoms with E-state index in [1.165, 1.54) is 0 Å². The molecule has 0 radical (unpaired) electrons. The van der Waals surface area contributed by atoms with Crippen LogP contribution in [0.25, 0.3) is 0 Å². The Kier molecular flexibility index (Phi) is 15.5. The molecule has 2 N–H and O–H groups in total. The fourth-order valence-corrected chi connectivity index (χ4v) is 2.24. The lowest BCUT2D eigenvalue weighted by Crippen LogP contribution is -2.38. The summed E-state index contributed by atoms with van der Waals surface area (Å²) in [5, 5.41) is 6.41. The van der Waals surface area contributed by atoms with Gasteiger partial charge in [0.15, 0.2) is 5.96 Å². The highest BCUT2D eigenvalue weighted by Crippen LogP contribution is 2.12. The van der Waals surface area contributed by atoms with Crippen molar-refractivity contribution < 1.29 is 19.0 Å². The standard InChI is InChI=1S/C16H31N3O4.HI/c1-3-23-15(20)6-4-8-18-16(17-2)19-9-5-10-21-12-14-7-11-22-13-14;/h14H,3-13H2,1-2H3,(H2,17,18,19);1H. The number of guanidine groups is 1. The van der Waals surface area contributed by atoms with Gasteiger partial charge in [0.05, 0.1) is 19.8 Å². The highest BCUT2D eigenvalue weighted by atomic mass is 127. The van der Waals surface area contributed by atoms with Gasteiger partial charge in [0, 0.05) is 45.7 Å². The van der Waals surface area contributed by atoms with Gasteiger partial charge in [-0.3, -0.25) is 9.79 Å². The second-order valence-electron chi connectivity index (χ2n) is 5.49. The summed E-state index contributed by atoms with van der Waals surface area (Å²) < 4.78 is 15.8. The molecular formula is C16H32IN3O4. The molecule has 142 valence electrons. The number of rotatable bonds is 11. The van der Waals surface area contributed by atoms with E-state index < -0.39 is 0 Å². The molecule has 0 bridgehead atoms. The smallest absolute Gasteiger partial charge is 0.305 e. The third-order valence-corrected chi connectivity index (χ3v) is 3.51. The molecule has 0 aromatic rings. The molecule has 1 aliphatic heterocycles. The fourth-order valence-electron chi connectivity index (χ4n) is 2.24. The molecule has 8 heteroatoms. The van der Waals surface area contributed by atoms with E-state index in [2.05, 4.69) is 15.6 Å². The van der Waals surface area contributed by atoms with Crippen molar-refractivity contribution in [2.24, 2.45) is 10.9 Å². The van der Waals surface area contributed by atoms with Crippen molar-refractivity contribution in [3.05, 3.63) is 0 Å². The Balaban J connectivity index is 0.00000529. The van der Waals surface area contributed by atoms with Crippen LogP contribution in [-0.4, -0.2) is 65.1 Å². The number of carbonyl (C=O) groups is 1. The van der Waals surface area contributed by atoms with Crippen molar-refractivity contribution in [1.82, 2.24) is 10.6 Å². The molecule has 1 fully saturated rings. The number of nitrogens with one attached hydrogen (secondary N) is 2. The van der Waals surface area contributed by atoms with E-state index in [0.29, 0.717) is 25.5 Å². The first-order valence-electron chi connectivity index (χ1n) is 8.51. The van der Waals surface area contributed by atoms with E-state index in [4.69, 9.17) is 14.2 Å². The van der Waals surface area contributed by atoms with Crippen molar-refractivity contribution in [3.8, 4) is 0 Å². The Bertz CT molecular complexity index is 350. The maximum absolute atomic E-state index is 11.2. The number of aliphatic imine (C=N–C) groups is 1. The predicted octanol–water partition coefficient (Wildman–Crippen LogP) is 1.56. The van der Waals surface area contributed by atoms with E-state index in [1.54, 1.807) is 7.05 Å². The van der Waals surface area contributed by atoms with Gasteiger partial charge in [0.25, 0.3) is 0 Å². The SMILES string of the molecule is CCOC(=O)CCCNC(=NC)NCCCOCC1CCOC1.I. The summed E-state index contributed by atoms with van der Waals surface area (Å²) in [6.45, 7) is 6.98. The average molecular weight is 457 g/mol. The van der Waals surface area contributed by atoms with Crippen LogP contribution >= 0.6 is 24.0 Å². The first kappa shape index (κ1) is 23.4. The number of hydrogen-bond donors (Lipinski definition) is 2. The molecule has 0 aromatic carbocycles. The maximum atomic E-state index is 11.2. The Morgan fingerprint density at radius 1 is 1.29 bits per heavy atom. The Morgan fingerprint density at radius 2 is 2.04 bits per heavy atom. The third kappa shape index (κ3) is 11.9. The number of hydrogen-bond acceptors (Lipinski definition) is 5. The Labute approximate surface area is 162 Å². The lowest BCUT2D eigenvalue weighted by atomic mass is 10.1. The van der Waals surface area contributed by atoms with Gasteiger partial charge in [-0.05, 0) is 26.2 Å². The highest BCUT2D eigenvalue weighted by Gasteiger charge is 2.15. The van der Waals surface area contributed by atoms with Gasteiger partial charge >= 0.3 is 5.97 Å². The second kappa shape index (κ2) is 15.9. The molecular weight excluding hydrogens is 425 g/mol. The molecule has 0 spiro atoms. The minimum absolute atomic E-state index is 0. The Morgan fingerprint density at radius 3 is 2.67 bits per heavy atom. The molecule has 1 unspecified atom stereocenters. The van der Waals surface area contributed by atoms with Crippen LogP contribution in [0, 0.1) is 5.92 Å². The van der Waals surface area contributed by atoms with Gasteiger partial charge in [-0.25, -0.2) is 0 Å². The zero-order valence-electron chi connectivity index (χ0n) is 14.8. The molecule has 0 saturated carbocycles. The number of halogens is 1. The molecule has 1 atom stereocenters. The molecule has 0 aliphatic carbocycles. The van der Waals surface area contributed by atoms with Gasteiger partial charge in [0.1, 0.15) is 0 Å². The second-order valence-corrected chi connectivity index (χ2v) is 5.49. The van der Waals surface area contributed by atoms with Crippen LogP contribution in [0.4, 0.5) is 0 Å². The normalized spacial score (nSPS) is 17.2. The number of ether oxygens (including phenoxy) is 3. The van der Waals surface area contributed by atoms with Gasteiger partial charge in [-0.15, -0.1) is 24.0 Å². The molecule has 1 saturated heterocycles. The molecule has 24 heavy (non-hydrogen) atoms. The van der Waals surface area contributed by atoms with Gasteiger partial charge in [0.2, 0.25) is 0 Å². The van der Waals surface area contributed by atoms with Crippen LogP contribution in [0.1, 0.15) is 32.6 Å². The average Bonchev–Trinajstić information content (AvgIpc) is 3.06. The fraction of sp³-hybridized carbons (Fsp3) is 0.875. The largest absolute Gasteiger partial charge is 0.466 e. The van der Waals surface area contributed by atoms with Gasteiger partial charge < -0.3 is 24.8 Å². The van der Waals surface area contributed by atoms with Gasteiger partial charge in [-0.1, -0.05) is 0 Å². The minimum atomic E-state index is -0.151. The van der Waals surface area contributed by atoms with Crippen molar-refractivity contribution in [2.45, 2.75) is 32.6 Å². The van der Waals surface area contributed by atoms with Crippen molar-refractivity contribution >= 4 is 35.9 Å². The number of esters is 1. The van der Waals surface area contributed by atoms with Crippen LogP contribution in [0.3, 0.4) is 0 Å². The van der Waals surface area contributed by atoms with Crippen molar-refractivity contribution in [3.63, 3.8) is 0 Å². The van der Waals surface area contributed by atoms with E-state index in [1.807, 2.05) is 6.92 Å². The van der Waals surface area contributed by atoms with E-state index >= 15 is 0 Å². The van der Waals surface area contributed by atoms with Crippen molar-refractivity contribution in [1.29, 1.82) is 0 Å². The first-order valence-corrected chi connectivity index (χ1v) is 8.51. The van der Waals surface area contributed by atoms with Gasteiger partial charge in [-0.2, -0.15) is 0 Å². The zero-order valence-corrected chi connectivity index (χ0v) is 17.2. The summed E-state index contributed by atoms with van der Waals surface area (Å²) in [6, 6.07) is 0. The van der Waals surface area contributed by atoms with Crippen LogP contribution in [0.15, 0.2) is 4.99 Å². The quantitative estimate of drug-likeness (QED) is 0.161. The van der Waals surface area contributed by atoms with Crippen LogP contribution < -0.4 is 10.6 Å².